The summed E-state index contributed by atoms with van der Waals surface area (Å²) in [6, 6.07) is 10.9. The number of nitrogens with zero attached hydrogens (tertiary/aromatic N) is 3. The van der Waals surface area contributed by atoms with Crippen molar-refractivity contribution >= 4 is 16.9 Å². The molecule has 2 heterocycles. The quantitative estimate of drug-likeness (QED) is 0.928. The molecule has 3 rings (SSSR count). The van der Waals surface area contributed by atoms with Gasteiger partial charge in [0.25, 0.3) is 0 Å². The molecule has 1 unspecified atom stereocenters. The lowest BCUT2D eigenvalue weighted by Crippen LogP contribution is -2.19. The fourth-order valence-electron chi connectivity index (χ4n) is 2.04. The van der Waals surface area contributed by atoms with Crippen LogP contribution >= 0.6 is 11.8 Å². The van der Waals surface area contributed by atoms with Crippen LogP contribution in [0.3, 0.4) is 0 Å². The van der Waals surface area contributed by atoms with E-state index in [0.717, 1.165) is 24.0 Å². The minimum absolute atomic E-state index is 0.387. The number of nitrogens with one attached hydrogen (secondary N) is 1. The summed E-state index contributed by atoms with van der Waals surface area (Å²) < 4.78 is 2.04. The molecule has 0 amide bonds. The van der Waals surface area contributed by atoms with E-state index in [1.165, 1.54) is 5.56 Å². The van der Waals surface area contributed by atoms with Gasteiger partial charge in [-0.25, -0.2) is 4.98 Å². The van der Waals surface area contributed by atoms with Gasteiger partial charge in [-0.05, 0) is 5.56 Å². The second-order valence-corrected chi connectivity index (χ2v) is 5.41. The first-order valence-corrected chi connectivity index (χ1v) is 7.35. The summed E-state index contributed by atoms with van der Waals surface area (Å²) >= 11 is 1.80. The van der Waals surface area contributed by atoms with Crippen LogP contribution < -0.4 is 5.32 Å². The van der Waals surface area contributed by atoms with Crippen LogP contribution in [-0.2, 0) is 6.54 Å². The van der Waals surface area contributed by atoms with Crippen molar-refractivity contribution in [2.45, 2.75) is 12.6 Å². The molecule has 19 heavy (non-hydrogen) atoms. The average Bonchev–Trinajstić information content (AvgIpc) is 3.11. The second-order valence-electron chi connectivity index (χ2n) is 4.41. The zero-order chi connectivity index (χ0) is 12.9. The summed E-state index contributed by atoms with van der Waals surface area (Å²) in [5, 5.41) is 4.53. The van der Waals surface area contributed by atoms with E-state index in [0.29, 0.717) is 6.04 Å². The first-order valence-electron chi connectivity index (χ1n) is 6.36. The number of benzene rings is 1. The van der Waals surface area contributed by atoms with E-state index in [1.807, 2.05) is 23.2 Å². The molecule has 1 aliphatic rings. The lowest BCUT2D eigenvalue weighted by molar-refractivity contribution is 0.701. The van der Waals surface area contributed by atoms with Crippen LogP contribution in [0.25, 0.3) is 0 Å². The van der Waals surface area contributed by atoms with Gasteiger partial charge < -0.3 is 9.88 Å². The van der Waals surface area contributed by atoms with Crippen molar-refractivity contribution in [2.24, 2.45) is 4.99 Å². The van der Waals surface area contributed by atoms with Gasteiger partial charge in [0, 0.05) is 24.7 Å². The van der Waals surface area contributed by atoms with E-state index in [9.17, 15) is 0 Å². The molecule has 0 aliphatic carbocycles. The van der Waals surface area contributed by atoms with Gasteiger partial charge in [-0.1, -0.05) is 42.1 Å². The van der Waals surface area contributed by atoms with E-state index < -0.39 is 0 Å². The Labute approximate surface area is 117 Å². The molecule has 0 saturated carbocycles. The van der Waals surface area contributed by atoms with Crippen molar-refractivity contribution in [3.63, 3.8) is 0 Å². The summed E-state index contributed by atoms with van der Waals surface area (Å²) in [5.41, 5.74) is 1.33. The van der Waals surface area contributed by atoms with Gasteiger partial charge in [0.05, 0.1) is 18.9 Å². The highest BCUT2D eigenvalue weighted by molar-refractivity contribution is 8.14. The molecular weight excluding hydrogens is 256 g/mol. The predicted octanol–water partition coefficient (Wildman–Crippen LogP) is 2.32. The highest BCUT2D eigenvalue weighted by Gasteiger charge is 2.21. The van der Waals surface area contributed by atoms with Gasteiger partial charge in [0.15, 0.2) is 5.17 Å². The molecule has 1 aromatic carbocycles. The van der Waals surface area contributed by atoms with Crippen LogP contribution in [0.15, 0.2) is 54.0 Å². The molecule has 98 valence electrons. The summed E-state index contributed by atoms with van der Waals surface area (Å²) in [4.78, 5) is 8.61. The molecule has 1 N–H and O–H groups in total. The van der Waals surface area contributed by atoms with Crippen molar-refractivity contribution in [3.8, 4) is 0 Å². The first-order chi connectivity index (χ1) is 9.42. The molecule has 0 radical (unpaired) electrons. The maximum absolute atomic E-state index is 4.59. The molecule has 1 aliphatic heterocycles. The van der Waals surface area contributed by atoms with Crippen LogP contribution in [0.1, 0.15) is 11.6 Å². The highest BCUT2D eigenvalue weighted by atomic mass is 32.2. The van der Waals surface area contributed by atoms with Crippen LogP contribution in [-0.4, -0.2) is 27.0 Å². The van der Waals surface area contributed by atoms with Gasteiger partial charge >= 0.3 is 0 Å². The minimum Gasteiger partial charge on any atom is -0.357 e. The van der Waals surface area contributed by atoms with Crippen LogP contribution in [0, 0.1) is 0 Å². The molecule has 1 saturated heterocycles. The number of hydrogen-bond acceptors (Lipinski definition) is 3. The maximum atomic E-state index is 4.59. The third kappa shape index (κ3) is 3.17. The van der Waals surface area contributed by atoms with Crippen LogP contribution in [0.2, 0.25) is 0 Å². The SMILES string of the molecule is c1ccc(C2CSC(=NCCn3ccnc3)N2)cc1. The zero-order valence-electron chi connectivity index (χ0n) is 10.6. The standard InChI is InChI=1S/C14H16N4S/c1-2-4-12(5-3-1)13-10-19-14(17-13)16-7-9-18-8-6-15-11-18/h1-6,8,11,13H,7,9-10H2,(H,16,17). The summed E-state index contributed by atoms with van der Waals surface area (Å²) in [7, 11) is 0. The summed E-state index contributed by atoms with van der Waals surface area (Å²) in [6.45, 7) is 1.66. The van der Waals surface area contributed by atoms with Crippen molar-refractivity contribution in [3.05, 3.63) is 54.6 Å². The van der Waals surface area contributed by atoms with Crippen LogP contribution in [0.4, 0.5) is 0 Å². The third-order valence-electron chi connectivity index (χ3n) is 3.06. The maximum Gasteiger partial charge on any atom is 0.157 e. The van der Waals surface area contributed by atoms with Gasteiger partial charge in [-0.2, -0.15) is 0 Å². The number of amidine groups is 1. The Morgan fingerprint density at radius 3 is 3.05 bits per heavy atom. The van der Waals surface area contributed by atoms with Gasteiger partial charge in [-0.15, -0.1) is 0 Å². The van der Waals surface area contributed by atoms with Gasteiger partial charge in [-0.3, -0.25) is 4.99 Å². The molecule has 2 aromatic rings. The molecule has 1 fully saturated rings. The molecule has 1 aromatic heterocycles. The van der Waals surface area contributed by atoms with Crippen molar-refractivity contribution in [2.75, 3.05) is 12.3 Å². The van der Waals surface area contributed by atoms with Crippen LogP contribution in [0.5, 0.6) is 0 Å². The lowest BCUT2D eigenvalue weighted by atomic mass is 10.1. The van der Waals surface area contributed by atoms with E-state index in [-0.39, 0.29) is 0 Å². The zero-order valence-corrected chi connectivity index (χ0v) is 11.4. The number of imidazole rings is 1. The number of rotatable bonds is 4. The first kappa shape index (κ1) is 12.3. The summed E-state index contributed by atoms with van der Waals surface area (Å²) in [5.74, 6) is 1.05. The number of thioether (sulfide) groups is 1. The minimum atomic E-state index is 0.387. The molecule has 4 nitrogen and oxygen atoms in total. The average molecular weight is 272 g/mol. The molecule has 5 heteroatoms. The monoisotopic (exact) mass is 272 g/mol. The van der Waals surface area contributed by atoms with Gasteiger partial charge in [0.2, 0.25) is 0 Å². The molecule has 0 bridgehead atoms. The lowest BCUT2D eigenvalue weighted by Gasteiger charge is -2.09. The highest BCUT2D eigenvalue weighted by Crippen LogP contribution is 2.25. The number of aliphatic imine (C=N–C) groups is 1. The normalized spacial score (nSPS) is 20.6. The smallest absolute Gasteiger partial charge is 0.157 e. The number of aromatic nitrogens is 2. The van der Waals surface area contributed by atoms with E-state index >= 15 is 0 Å². The Hall–Kier alpha value is -1.75. The van der Waals surface area contributed by atoms with Gasteiger partial charge in [0.1, 0.15) is 0 Å². The second kappa shape index (κ2) is 5.93. The Morgan fingerprint density at radius 1 is 1.37 bits per heavy atom. The fourth-order valence-corrected chi connectivity index (χ4v) is 3.05. The molecule has 1 atom stereocenters. The topological polar surface area (TPSA) is 42.2 Å². The van der Waals surface area contributed by atoms with E-state index in [4.69, 9.17) is 0 Å². The Kier molecular flexibility index (Phi) is 3.83. The number of hydrogen-bond donors (Lipinski definition) is 1. The van der Waals surface area contributed by atoms with Crippen molar-refractivity contribution < 1.29 is 0 Å². The third-order valence-corrected chi connectivity index (χ3v) is 4.08. The Bertz CT molecular complexity index is 536. The van der Waals surface area contributed by atoms with Crippen molar-refractivity contribution in [1.29, 1.82) is 0 Å². The Balaban J connectivity index is 1.54. The fraction of sp³-hybridized carbons (Fsp3) is 0.286. The molecule has 0 spiro atoms. The van der Waals surface area contributed by atoms with E-state index in [2.05, 4.69) is 39.6 Å². The molecular formula is C14H16N4S. The van der Waals surface area contributed by atoms with E-state index in [1.54, 1.807) is 18.0 Å². The largest absolute Gasteiger partial charge is 0.357 e. The summed E-state index contributed by atoms with van der Waals surface area (Å²) in [6.07, 6.45) is 5.57. The van der Waals surface area contributed by atoms with Crippen molar-refractivity contribution in [1.82, 2.24) is 14.9 Å². The Morgan fingerprint density at radius 2 is 2.26 bits per heavy atom. The predicted molar refractivity (Wildman–Crippen MR) is 79.3 cm³/mol.